The minimum absolute atomic E-state index is 0.0682. The van der Waals surface area contributed by atoms with E-state index in [-0.39, 0.29) is 17.3 Å². The molecule has 9 heteroatoms. The predicted octanol–water partition coefficient (Wildman–Crippen LogP) is 5.92. The number of hydrogen-bond acceptors (Lipinski definition) is 4. The highest BCUT2D eigenvalue weighted by Gasteiger charge is 2.34. The van der Waals surface area contributed by atoms with Gasteiger partial charge in [0.2, 0.25) is 11.8 Å². The van der Waals surface area contributed by atoms with Crippen molar-refractivity contribution in [1.82, 2.24) is 10.2 Å². The molecule has 41 heavy (non-hydrogen) atoms. The molecule has 3 aromatic carbocycles. The van der Waals surface area contributed by atoms with Crippen LogP contribution in [-0.2, 0) is 26.0 Å². The number of hydrogen-bond donors (Lipinski definition) is 1. The van der Waals surface area contributed by atoms with Crippen molar-refractivity contribution in [1.29, 1.82) is 0 Å². The van der Waals surface area contributed by atoms with Gasteiger partial charge in [0.25, 0.3) is 10.0 Å². The van der Waals surface area contributed by atoms with Gasteiger partial charge in [0, 0.05) is 17.1 Å². The molecule has 7 nitrogen and oxygen atoms in total. The molecule has 0 fully saturated rings. The second-order valence-corrected chi connectivity index (χ2v) is 13.5. The van der Waals surface area contributed by atoms with Crippen molar-refractivity contribution in [2.24, 2.45) is 0 Å². The summed E-state index contributed by atoms with van der Waals surface area (Å²) in [6.45, 7) is 10.9. The number of anilines is 1. The van der Waals surface area contributed by atoms with E-state index >= 15 is 0 Å². The summed E-state index contributed by atoms with van der Waals surface area (Å²) in [6.07, 6.45) is 0.879. The van der Waals surface area contributed by atoms with E-state index in [4.69, 9.17) is 11.6 Å². The van der Waals surface area contributed by atoms with Gasteiger partial charge in [0.1, 0.15) is 12.6 Å². The van der Waals surface area contributed by atoms with Crippen LogP contribution >= 0.6 is 11.6 Å². The van der Waals surface area contributed by atoms with E-state index in [0.717, 1.165) is 15.4 Å². The first-order valence-electron chi connectivity index (χ1n) is 13.7. The molecule has 3 rings (SSSR count). The fourth-order valence-corrected chi connectivity index (χ4v) is 6.30. The zero-order valence-electron chi connectivity index (χ0n) is 24.6. The van der Waals surface area contributed by atoms with Crippen LogP contribution in [0.15, 0.2) is 77.7 Å². The van der Waals surface area contributed by atoms with Gasteiger partial charge in [-0.1, -0.05) is 66.6 Å². The smallest absolute Gasteiger partial charge is 0.264 e. The van der Waals surface area contributed by atoms with E-state index in [9.17, 15) is 18.0 Å². The van der Waals surface area contributed by atoms with Gasteiger partial charge < -0.3 is 10.2 Å². The summed E-state index contributed by atoms with van der Waals surface area (Å²) in [5, 5.41) is 3.44. The molecule has 0 saturated heterocycles. The molecule has 0 bridgehead atoms. The number of nitrogens with one attached hydrogen (secondary N) is 1. The molecule has 0 radical (unpaired) electrons. The molecule has 3 aromatic rings. The Morgan fingerprint density at radius 1 is 0.951 bits per heavy atom. The fourth-order valence-electron chi connectivity index (χ4n) is 4.60. The van der Waals surface area contributed by atoms with E-state index in [1.807, 2.05) is 65.0 Å². The second kappa shape index (κ2) is 13.5. The maximum Gasteiger partial charge on any atom is 0.264 e. The normalized spacial score (nSPS) is 12.5. The minimum Gasteiger partial charge on any atom is -0.350 e. The average Bonchev–Trinajstić information content (AvgIpc) is 2.89. The van der Waals surface area contributed by atoms with E-state index in [0.29, 0.717) is 29.1 Å². The van der Waals surface area contributed by atoms with Crippen LogP contribution in [-0.4, -0.2) is 49.8 Å². The number of carbonyl (C=O) groups excluding carboxylic acids is 2. The van der Waals surface area contributed by atoms with Gasteiger partial charge in [0.15, 0.2) is 0 Å². The van der Waals surface area contributed by atoms with Crippen molar-refractivity contribution in [3.8, 4) is 0 Å². The zero-order valence-corrected chi connectivity index (χ0v) is 26.2. The largest absolute Gasteiger partial charge is 0.350 e. The molecule has 0 aliphatic rings. The maximum absolute atomic E-state index is 14.1. The third-order valence-corrected chi connectivity index (χ3v) is 8.69. The highest BCUT2D eigenvalue weighted by atomic mass is 35.5. The molecule has 0 unspecified atom stereocenters. The molecule has 2 amide bonds. The summed E-state index contributed by atoms with van der Waals surface area (Å²) in [7, 11) is -4.14. The Balaban J connectivity index is 2.05. The molecule has 220 valence electrons. The third-order valence-electron chi connectivity index (χ3n) is 6.68. The summed E-state index contributed by atoms with van der Waals surface area (Å²) in [5.41, 5.74) is 2.37. The molecular weight excluding hydrogens is 558 g/mol. The lowest BCUT2D eigenvalue weighted by Crippen LogP contribution is -2.56. The summed E-state index contributed by atoms with van der Waals surface area (Å²) in [4.78, 5) is 29.1. The summed E-state index contributed by atoms with van der Waals surface area (Å²) < 4.78 is 29.2. The Labute approximate surface area is 249 Å². The molecule has 1 N–H and O–H groups in total. The molecule has 0 aliphatic carbocycles. The number of halogens is 1. The van der Waals surface area contributed by atoms with Gasteiger partial charge in [-0.05, 0) is 88.9 Å². The number of carbonyl (C=O) groups is 2. The zero-order chi connectivity index (χ0) is 30.4. The van der Waals surface area contributed by atoms with Crippen molar-refractivity contribution in [3.05, 3.63) is 94.5 Å². The molecule has 0 aromatic heterocycles. The van der Waals surface area contributed by atoms with Crippen LogP contribution in [0.3, 0.4) is 0 Å². The highest BCUT2D eigenvalue weighted by molar-refractivity contribution is 7.92. The topological polar surface area (TPSA) is 86.8 Å². The van der Waals surface area contributed by atoms with Crippen LogP contribution in [0.4, 0.5) is 5.69 Å². The fraction of sp³-hybridized carbons (Fsp3) is 0.375. The lowest BCUT2D eigenvalue weighted by molar-refractivity contribution is -0.140. The maximum atomic E-state index is 14.1. The lowest BCUT2D eigenvalue weighted by Gasteiger charge is -2.35. The van der Waals surface area contributed by atoms with Crippen LogP contribution in [0.5, 0.6) is 0 Å². The van der Waals surface area contributed by atoms with Gasteiger partial charge in [-0.3, -0.25) is 13.9 Å². The van der Waals surface area contributed by atoms with E-state index in [1.165, 1.54) is 17.0 Å². The van der Waals surface area contributed by atoms with Gasteiger partial charge >= 0.3 is 0 Å². The highest BCUT2D eigenvalue weighted by Crippen LogP contribution is 2.29. The Morgan fingerprint density at radius 3 is 2.15 bits per heavy atom. The number of benzene rings is 3. The van der Waals surface area contributed by atoms with Crippen LogP contribution in [0.25, 0.3) is 0 Å². The van der Waals surface area contributed by atoms with Crippen molar-refractivity contribution in [3.63, 3.8) is 0 Å². The summed E-state index contributed by atoms with van der Waals surface area (Å²) >= 11 is 6.19. The minimum atomic E-state index is -4.14. The van der Waals surface area contributed by atoms with E-state index in [1.54, 1.807) is 37.3 Å². The van der Waals surface area contributed by atoms with Crippen LogP contribution < -0.4 is 9.62 Å². The first-order chi connectivity index (χ1) is 19.2. The Hall–Kier alpha value is -3.36. The first kappa shape index (κ1) is 32.2. The van der Waals surface area contributed by atoms with Crippen molar-refractivity contribution < 1.29 is 18.0 Å². The van der Waals surface area contributed by atoms with Gasteiger partial charge in [-0.2, -0.15) is 0 Å². The SMILES string of the molecule is CC[C@@H](C(=O)NC(C)(C)C)N(CCc1ccccc1)C(=O)CN(c1ccc(Cl)cc1C)S(=O)(=O)c1ccc(C)cc1. The molecule has 0 aliphatic heterocycles. The molecule has 1 atom stereocenters. The van der Waals surface area contributed by atoms with Gasteiger partial charge in [0.05, 0.1) is 10.6 Å². The van der Waals surface area contributed by atoms with Crippen molar-refractivity contribution >= 4 is 39.1 Å². The summed E-state index contributed by atoms with van der Waals surface area (Å²) in [6, 6.07) is 20.3. The number of sulfonamides is 1. The van der Waals surface area contributed by atoms with Crippen LogP contribution in [0, 0.1) is 13.8 Å². The van der Waals surface area contributed by atoms with Crippen LogP contribution in [0.1, 0.15) is 50.8 Å². The summed E-state index contributed by atoms with van der Waals surface area (Å²) in [5.74, 6) is -0.751. The molecular formula is C32H40ClN3O4S. The van der Waals surface area contributed by atoms with Crippen molar-refractivity contribution in [2.75, 3.05) is 17.4 Å². The predicted molar refractivity (Wildman–Crippen MR) is 166 cm³/mol. The average molecular weight is 598 g/mol. The van der Waals surface area contributed by atoms with E-state index < -0.39 is 34.1 Å². The molecule has 0 saturated carbocycles. The van der Waals surface area contributed by atoms with Crippen molar-refractivity contribution in [2.45, 2.75) is 70.9 Å². The first-order valence-corrected chi connectivity index (χ1v) is 15.6. The Bertz CT molecular complexity index is 1450. The lowest BCUT2D eigenvalue weighted by atomic mass is 10.1. The monoisotopic (exact) mass is 597 g/mol. The number of rotatable bonds is 11. The van der Waals surface area contributed by atoms with Gasteiger partial charge in [-0.15, -0.1) is 0 Å². The number of amides is 2. The molecule has 0 spiro atoms. The second-order valence-electron chi connectivity index (χ2n) is 11.2. The number of aryl methyl sites for hydroxylation is 2. The van der Waals surface area contributed by atoms with E-state index in [2.05, 4.69) is 5.32 Å². The standard InChI is InChI=1S/C32H40ClN3O4S/c1-7-28(31(38)34-32(4,5)6)35(20-19-25-11-9-8-10-12-25)30(37)22-36(29-18-15-26(33)21-24(29)3)41(39,40)27-16-13-23(2)14-17-27/h8-18,21,28H,7,19-20,22H2,1-6H3,(H,34,38)/t28-/m0/s1. The van der Waals surface area contributed by atoms with Gasteiger partial charge in [-0.25, -0.2) is 8.42 Å². The quantitative estimate of drug-likeness (QED) is 0.297. The number of nitrogens with zero attached hydrogens (tertiary/aromatic N) is 2. The van der Waals surface area contributed by atoms with Crippen LogP contribution in [0.2, 0.25) is 5.02 Å². The Morgan fingerprint density at radius 2 is 1.59 bits per heavy atom. The molecule has 0 heterocycles. The third kappa shape index (κ3) is 8.57. The Kier molecular flexibility index (Phi) is 10.6.